The lowest BCUT2D eigenvalue weighted by atomic mass is 10.0. The third kappa shape index (κ3) is 2.31. The summed E-state index contributed by atoms with van der Waals surface area (Å²) in [6.45, 7) is 2.40. The summed E-state index contributed by atoms with van der Waals surface area (Å²) < 4.78 is 9.36. The van der Waals surface area contributed by atoms with E-state index in [1.54, 1.807) is 6.92 Å². The van der Waals surface area contributed by atoms with Crippen molar-refractivity contribution in [2.24, 2.45) is 0 Å². The van der Waals surface area contributed by atoms with E-state index in [1.807, 2.05) is 24.3 Å². The van der Waals surface area contributed by atoms with Crippen LogP contribution in [0.2, 0.25) is 0 Å². The molecule has 1 aliphatic rings. The molecule has 0 saturated heterocycles. The number of ether oxygens (including phenoxy) is 1. The van der Waals surface area contributed by atoms with Gasteiger partial charge in [-0.3, -0.25) is 4.79 Å². The molecular weight excluding hydrogens is 262 g/mol. The van der Waals surface area contributed by atoms with Crippen LogP contribution < -0.4 is 10.1 Å². The molecule has 0 aliphatic carbocycles. The number of rotatable bonds is 2. The van der Waals surface area contributed by atoms with E-state index < -0.39 is 0 Å². The first kappa shape index (κ1) is 12.1. The van der Waals surface area contributed by atoms with E-state index in [9.17, 15) is 4.79 Å². The molecule has 5 nitrogen and oxygen atoms in total. The van der Waals surface area contributed by atoms with Gasteiger partial charge in [-0.05, 0) is 24.5 Å². The second kappa shape index (κ2) is 4.97. The SMILES string of the molecule is Cc1nnsc1C(=O)N[C@H]1CCOc2ccccc21. The summed E-state index contributed by atoms with van der Waals surface area (Å²) in [6.07, 6.45) is 0.772. The topological polar surface area (TPSA) is 64.1 Å². The summed E-state index contributed by atoms with van der Waals surface area (Å²) >= 11 is 1.12. The van der Waals surface area contributed by atoms with Crippen LogP contribution in [0.1, 0.15) is 33.4 Å². The summed E-state index contributed by atoms with van der Waals surface area (Å²) in [5.74, 6) is 0.729. The van der Waals surface area contributed by atoms with E-state index >= 15 is 0 Å². The average Bonchev–Trinajstić information content (AvgIpc) is 2.85. The summed E-state index contributed by atoms with van der Waals surface area (Å²) in [6, 6.07) is 7.77. The van der Waals surface area contributed by atoms with Crippen molar-refractivity contribution in [2.45, 2.75) is 19.4 Å². The van der Waals surface area contributed by atoms with Crippen molar-refractivity contribution in [3.8, 4) is 5.75 Å². The molecule has 0 fully saturated rings. The van der Waals surface area contributed by atoms with Gasteiger partial charge in [0.2, 0.25) is 0 Å². The standard InChI is InChI=1S/C13H13N3O2S/c1-8-12(19-16-15-8)13(17)14-10-6-7-18-11-5-3-2-4-9(10)11/h2-5,10H,6-7H2,1H3,(H,14,17)/t10-/m0/s1. The number of nitrogens with one attached hydrogen (secondary N) is 1. The summed E-state index contributed by atoms with van der Waals surface area (Å²) in [4.78, 5) is 12.8. The highest BCUT2D eigenvalue weighted by atomic mass is 32.1. The lowest BCUT2D eigenvalue weighted by molar-refractivity contribution is 0.0928. The minimum atomic E-state index is -0.116. The number of nitrogens with zero attached hydrogens (tertiary/aromatic N) is 2. The zero-order valence-corrected chi connectivity index (χ0v) is 11.2. The number of hydrogen-bond acceptors (Lipinski definition) is 5. The maximum Gasteiger partial charge on any atom is 0.265 e. The molecule has 19 heavy (non-hydrogen) atoms. The highest BCUT2D eigenvalue weighted by Gasteiger charge is 2.24. The number of amides is 1. The van der Waals surface area contributed by atoms with Crippen LogP contribution in [-0.2, 0) is 0 Å². The number of para-hydroxylation sites is 1. The molecule has 2 heterocycles. The van der Waals surface area contributed by atoms with Gasteiger partial charge in [0.1, 0.15) is 10.6 Å². The quantitative estimate of drug-likeness (QED) is 0.911. The molecule has 0 bridgehead atoms. The Morgan fingerprint density at radius 1 is 1.47 bits per heavy atom. The van der Waals surface area contributed by atoms with Gasteiger partial charge in [0, 0.05) is 12.0 Å². The Hall–Kier alpha value is -1.95. The molecule has 0 unspecified atom stereocenters. The van der Waals surface area contributed by atoms with Crippen molar-refractivity contribution in [3.05, 3.63) is 40.4 Å². The van der Waals surface area contributed by atoms with Crippen molar-refractivity contribution in [2.75, 3.05) is 6.61 Å². The van der Waals surface area contributed by atoms with Crippen molar-refractivity contribution < 1.29 is 9.53 Å². The maximum atomic E-state index is 12.2. The average molecular weight is 275 g/mol. The second-order valence-corrected chi connectivity index (χ2v) is 5.14. The third-order valence-electron chi connectivity index (χ3n) is 3.12. The van der Waals surface area contributed by atoms with Crippen LogP contribution in [0.15, 0.2) is 24.3 Å². The predicted octanol–water partition coefficient (Wildman–Crippen LogP) is 2.10. The highest BCUT2D eigenvalue weighted by molar-refractivity contribution is 7.08. The minimum absolute atomic E-state index is 0.0149. The Morgan fingerprint density at radius 3 is 3.11 bits per heavy atom. The highest BCUT2D eigenvalue weighted by Crippen LogP contribution is 2.31. The predicted molar refractivity (Wildman–Crippen MR) is 71.4 cm³/mol. The fraction of sp³-hybridized carbons (Fsp3) is 0.308. The van der Waals surface area contributed by atoms with Crippen LogP contribution in [0.3, 0.4) is 0 Å². The number of carbonyl (C=O) groups is 1. The summed E-state index contributed by atoms with van der Waals surface area (Å²) in [5.41, 5.74) is 1.69. The number of aryl methyl sites for hydroxylation is 1. The lowest BCUT2D eigenvalue weighted by Gasteiger charge is -2.26. The Bertz CT molecular complexity index is 611. The number of benzene rings is 1. The fourth-order valence-electron chi connectivity index (χ4n) is 2.16. The van der Waals surface area contributed by atoms with E-state index in [-0.39, 0.29) is 11.9 Å². The van der Waals surface area contributed by atoms with Crippen LogP contribution in [0, 0.1) is 6.92 Å². The maximum absolute atomic E-state index is 12.2. The normalized spacial score (nSPS) is 17.4. The Labute approximate surface area is 114 Å². The number of aromatic nitrogens is 2. The number of carbonyl (C=O) groups excluding carboxylic acids is 1. The van der Waals surface area contributed by atoms with Gasteiger partial charge in [-0.15, -0.1) is 5.10 Å². The van der Waals surface area contributed by atoms with Gasteiger partial charge in [-0.1, -0.05) is 22.7 Å². The molecule has 1 aromatic carbocycles. The zero-order chi connectivity index (χ0) is 13.2. The molecule has 1 amide bonds. The van der Waals surface area contributed by atoms with Gasteiger partial charge in [0.05, 0.1) is 18.3 Å². The van der Waals surface area contributed by atoms with Crippen molar-refractivity contribution in [1.82, 2.24) is 14.9 Å². The molecule has 2 aromatic rings. The van der Waals surface area contributed by atoms with Crippen LogP contribution >= 0.6 is 11.5 Å². The van der Waals surface area contributed by atoms with Gasteiger partial charge in [-0.2, -0.15) is 0 Å². The Morgan fingerprint density at radius 2 is 2.32 bits per heavy atom. The zero-order valence-electron chi connectivity index (χ0n) is 10.4. The second-order valence-electron chi connectivity index (χ2n) is 4.39. The number of hydrogen-bond donors (Lipinski definition) is 1. The van der Waals surface area contributed by atoms with E-state index in [2.05, 4.69) is 14.9 Å². The molecule has 0 saturated carbocycles. The minimum Gasteiger partial charge on any atom is -0.493 e. The first-order valence-corrected chi connectivity index (χ1v) is 6.84. The summed E-state index contributed by atoms with van der Waals surface area (Å²) in [7, 11) is 0. The fourth-order valence-corrected chi connectivity index (χ4v) is 2.72. The molecular formula is C13H13N3O2S. The molecule has 3 rings (SSSR count). The van der Waals surface area contributed by atoms with E-state index in [1.165, 1.54) is 0 Å². The molecule has 0 radical (unpaired) electrons. The third-order valence-corrected chi connectivity index (χ3v) is 3.95. The smallest absolute Gasteiger partial charge is 0.265 e. The van der Waals surface area contributed by atoms with Crippen LogP contribution in [0.4, 0.5) is 0 Å². The first-order valence-electron chi connectivity index (χ1n) is 6.07. The van der Waals surface area contributed by atoms with Crippen molar-refractivity contribution in [3.63, 3.8) is 0 Å². The largest absolute Gasteiger partial charge is 0.493 e. The van der Waals surface area contributed by atoms with E-state index in [0.717, 1.165) is 29.3 Å². The summed E-state index contributed by atoms with van der Waals surface area (Å²) in [5, 5.41) is 6.89. The Balaban J connectivity index is 1.82. The Kier molecular flexibility index (Phi) is 3.16. The van der Waals surface area contributed by atoms with Gasteiger partial charge in [0.15, 0.2) is 0 Å². The molecule has 1 N–H and O–H groups in total. The number of fused-ring (bicyclic) bond motifs is 1. The van der Waals surface area contributed by atoms with Crippen LogP contribution in [0.5, 0.6) is 5.75 Å². The van der Waals surface area contributed by atoms with Crippen LogP contribution in [-0.4, -0.2) is 22.1 Å². The molecule has 1 aromatic heterocycles. The van der Waals surface area contributed by atoms with Gasteiger partial charge >= 0.3 is 0 Å². The molecule has 98 valence electrons. The van der Waals surface area contributed by atoms with E-state index in [0.29, 0.717) is 17.2 Å². The molecule has 1 aliphatic heterocycles. The molecule has 6 heteroatoms. The molecule has 0 spiro atoms. The van der Waals surface area contributed by atoms with Crippen LogP contribution in [0.25, 0.3) is 0 Å². The van der Waals surface area contributed by atoms with Gasteiger partial charge in [0.25, 0.3) is 5.91 Å². The van der Waals surface area contributed by atoms with Crippen molar-refractivity contribution >= 4 is 17.4 Å². The first-order chi connectivity index (χ1) is 9.25. The monoisotopic (exact) mass is 275 g/mol. The van der Waals surface area contributed by atoms with Crippen molar-refractivity contribution in [1.29, 1.82) is 0 Å². The lowest BCUT2D eigenvalue weighted by Crippen LogP contribution is -2.32. The molecule has 1 atom stereocenters. The van der Waals surface area contributed by atoms with Gasteiger partial charge in [-0.25, -0.2) is 0 Å². The van der Waals surface area contributed by atoms with E-state index in [4.69, 9.17) is 4.74 Å². The van der Waals surface area contributed by atoms with Gasteiger partial charge < -0.3 is 10.1 Å².